The zero-order valence-corrected chi connectivity index (χ0v) is 16.0. The van der Waals surface area contributed by atoms with Gasteiger partial charge in [0.1, 0.15) is 11.4 Å². The van der Waals surface area contributed by atoms with E-state index in [1.165, 1.54) is 18.0 Å². The van der Waals surface area contributed by atoms with E-state index in [9.17, 15) is 4.79 Å². The Morgan fingerprint density at radius 3 is 2.89 bits per heavy atom. The average molecular weight is 385 g/mol. The van der Waals surface area contributed by atoms with Gasteiger partial charge in [0.15, 0.2) is 5.16 Å². The molecule has 1 atom stereocenters. The molecule has 9 heteroatoms. The van der Waals surface area contributed by atoms with Gasteiger partial charge in [-0.3, -0.25) is 0 Å². The molecule has 8 nitrogen and oxygen atoms in total. The number of rotatable bonds is 6. The van der Waals surface area contributed by atoms with Crippen molar-refractivity contribution < 1.29 is 13.9 Å². The highest BCUT2D eigenvalue weighted by Crippen LogP contribution is 2.33. The molecule has 0 saturated carbocycles. The standard InChI is InChI=1S/C18H19N5O3S/c1-4-25-17(24)13-9-20-18(21-14(13)19)27-11(3)15-22-23-16(26-15)12-7-5-6-10(2)8-12/h5-9,11H,4H2,1-3H3,(H2,19,20,21). The van der Waals surface area contributed by atoms with Crippen LogP contribution in [0.3, 0.4) is 0 Å². The Labute approximate surface area is 160 Å². The van der Waals surface area contributed by atoms with Crippen molar-refractivity contribution in [2.24, 2.45) is 0 Å². The maximum atomic E-state index is 11.8. The van der Waals surface area contributed by atoms with E-state index in [0.29, 0.717) is 16.9 Å². The lowest BCUT2D eigenvalue weighted by molar-refractivity contribution is 0.0526. The summed E-state index contributed by atoms with van der Waals surface area (Å²) in [5.74, 6) is 0.441. The number of nitrogens with zero attached hydrogens (tertiary/aromatic N) is 4. The first kappa shape index (κ1) is 18.8. The number of benzene rings is 1. The van der Waals surface area contributed by atoms with Crippen molar-refractivity contribution >= 4 is 23.5 Å². The molecule has 2 heterocycles. The fraction of sp³-hybridized carbons (Fsp3) is 0.278. The van der Waals surface area contributed by atoms with Gasteiger partial charge in [-0.2, -0.15) is 0 Å². The summed E-state index contributed by atoms with van der Waals surface area (Å²) >= 11 is 1.31. The topological polar surface area (TPSA) is 117 Å². The van der Waals surface area contributed by atoms with Gasteiger partial charge in [-0.15, -0.1) is 10.2 Å². The molecule has 3 rings (SSSR count). The summed E-state index contributed by atoms with van der Waals surface area (Å²) in [5.41, 5.74) is 7.97. The number of carbonyl (C=O) groups is 1. The zero-order chi connectivity index (χ0) is 19.4. The van der Waals surface area contributed by atoms with Crippen LogP contribution in [-0.4, -0.2) is 32.7 Å². The van der Waals surface area contributed by atoms with Crippen LogP contribution in [0.1, 0.15) is 40.9 Å². The monoisotopic (exact) mass is 385 g/mol. The molecule has 3 aromatic rings. The van der Waals surface area contributed by atoms with Gasteiger partial charge in [-0.25, -0.2) is 14.8 Å². The van der Waals surface area contributed by atoms with E-state index in [-0.39, 0.29) is 23.2 Å². The third-order valence-corrected chi connectivity index (χ3v) is 4.59. The lowest BCUT2D eigenvalue weighted by Gasteiger charge is -2.08. The minimum atomic E-state index is -0.542. The van der Waals surface area contributed by atoms with Gasteiger partial charge in [0, 0.05) is 11.8 Å². The molecule has 1 unspecified atom stereocenters. The molecule has 2 aromatic heterocycles. The highest BCUT2D eigenvalue weighted by Gasteiger charge is 2.19. The largest absolute Gasteiger partial charge is 0.462 e. The molecule has 27 heavy (non-hydrogen) atoms. The summed E-state index contributed by atoms with van der Waals surface area (Å²) < 4.78 is 10.7. The number of hydrogen-bond donors (Lipinski definition) is 1. The summed E-state index contributed by atoms with van der Waals surface area (Å²) in [6.45, 7) is 5.88. The number of nitrogen functional groups attached to an aromatic ring is 1. The first-order valence-corrected chi connectivity index (χ1v) is 9.22. The Hall–Kier alpha value is -2.94. The Bertz CT molecular complexity index is 960. The van der Waals surface area contributed by atoms with Crippen molar-refractivity contribution in [3.8, 4) is 11.5 Å². The third kappa shape index (κ3) is 4.43. The normalized spacial score (nSPS) is 12.0. The summed E-state index contributed by atoms with van der Waals surface area (Å²) in [6, 6.07) is 7.84. The Morgan fingerprint density at radius 2 is 2.19 bits per heavy atom. The molecule has 0 bridgehead atoms. The first-order chi connectivity index (χ1) is 13.0. The molecule has 0 fully saturated rings. The van der Waals surface area contributed by atoms with Crippen molar-refractivity contribution in [2.45, 2.75) is 31.2 Å². The summed E-state index contributed by atoms with van der Waals surface area (Å²) in [6.07, 6.45) is 1.36. The number of aryl methyl sites for hydroxylation is 1. The quantitative estimate of drug-likeness (QED) is 0.387. The van der Waals surface area contributed by atoms with Crippen LogP contribution in [-0.2, 0) is 4.74 Å². The molecule has 0 aliphatic carbocycles. The number of hydrogen-bond acceptors (Lipinski definition) is 9. The lowest BCUT2D eigenvalue weighted by atomic mass is 10.1. The number of nitrogens with two attached hydrogens (primary N) is 1. The molecule has 140 valence electrons. The number of ether oxygens (including phenoxy) is 1. The predicted octanol–water partition coefficient (Wildman–Crippen LogP) is 3.45. The lowest BCUT2D eigenvalue weighted by Crippen LogP contribution is -2.10. The fourth-order valence-corrected chi connectivity index (χ4v) is 3.08. The van der Waals surface area contributed by atoms with Gasteiger partial charge in [-0.05, 0) is 32.9 Å². The highest BCUT2D eigenvalue weighted by atomic mass is 32.2. The molecular weight excluding hydrogens is 366 g/mol. The molecule has 1 aromatic carbocycles. The molecular formula is C18H19N5O3S. The maximum absolute atomic E-state index is 11.8. The van der Waals surface area contributed by atoms with E-state index in [1.807, 2.05) is 38.1 Å². The Balaban J connectivity index is 1.73. The zero-order valence-electron chi connectivity index (χ0n) is 15.2. The van der Waals surface area contributed by atoms with E-state index in [4.69, 9.17) is 14.9 Å². The SMILES string of the molecule is CCOC(=O)c1cnc(SC(C)c2nnc(-c3cccc(C)c3)o2)nc1N. The second kappa shape index (κ2) is 8.17. The van der Waals surface area contributed by atoms with Crippen LogP contribution < -0.4 is 5.73 Å². The summed E-state index contributed by atoms with van der Waals surface area (Å²) in [7, 11) is 0. The predicted molar refractivity (Wildman–Crippen MR) is 101 cm³/mol. The minimum Gasteiger partial charge on any atom is -0.462 e. The van der Waals surface area contributed by atoms with Gasteiger partial charge in [0.25, 0.3) is 0 Å². The number of anilines is 1. The van der Waals surface area contributed by atoms with Gasteiger partial charge in [0.05, 0.1) is 11.9 Å². The molecule has 2 N–H and O–H groups in total. The second-order valence-electron chi connectivity index (χ2n) is 5.75. The van der Waals surface area contributed by atoms with Crippen molar-refractivity contribution in [1.29, 1.82) is 0 Å². The number of thioether (sulfide) groups is 1. The van der Waals surface area contributed by atoms with Crippen LogP contribution in [0, 0.1) is 6.92 Å². The van der Waals surface area contributed by atoms with Crippen molar-refractivity contribution in [2.75, 3.05) is 12.3 Å². The van der Waals surface area contributed by atoms with Crippen LogP contribution in [0.5, 0.6) is 0 Å². The molecule has 0 spiro atoms. The number of esters is 1. The van der Waals surface area contributed by atoms with Gasteiger partial charge < -0.3 is 14.9 Å². The van der Waals surface area contributed by atoms with Gasteiger partial charge in [0.2, 0.25) is 11.8 Å². The molecule has 0 radical (unpaired) electrons. The molecule has 0 aliphatic rings. The van der Waals surface area contributed by atoms with Crippen molar-refractivity contribution in [3.63, 3.8) is 0 Å². The molecule has 0 amide bonds. The number of carbonyl (C=O) groups excluding carboxylic acids is 1. The minimum absolute atomic E-state index is 0.0733. The highest BCUT2D eigenvalue weighted by molar-refractivity contribution is 7.99. The second-order valence-corrected chi connectivity index (χ2v) is 7.05. The van der Waals surface area contributed by atoms with Crippen LogP contribution >= 0.6 is 11.8 Å². The smallest absolute Gasteiger partial charge is 0.343 e. The van der Waals surface area contributed by atoms with Crippen LogP contribution in [0.25, 0.3) is 11.5 Å². The van der Waals surface area contributed by atoms with E-state index in [2.05, 4.69) is 20.2 Å². The van der Waals surface area contributed by atoms with Crippen LogP contribution in [0.2, 0.25) is 0 Å². The Morgan fingerprint density at radius 1 is 1.37 bits per heavy atom. The fourth-order valence-electron chi connectivity index (χ4n) is 2.30. The third-order valence-electron chi connectivity index (χ3n) is 3.63. The van der Waals surface area contributed by atoms with E-state index in [0.717, 1.165) is 11.1 Å². The van der Waals surface area contributed by atoms with Crippen molar-refractivity contribution in [1.82, 2.24) is 20.2 Å². The van der Waals surface area contributed by atoms with Gasteiger partial charge >= 0.3 is 5.97 Å². The first-order valence-electron chi connectivity index (χ1n) is 8.34. The van der Waals surface area contributed by atoms with E-state index in [1.54, 1.807) is 6.92 Å². The molecule has 0 saturated heterocycles. The van der Waals surface area contributed by atoms with Crippen LogP contribution in [0.4, 0.5) is 5.82 Å². The van der Waals surface area contributed by atoms with Gasteiger partial charge in [-0.1, -0.05) is 29.5 Å². The molecule has 0 aliphatic heterocycles. The maximum Gasteiger partial charge on any atom is 0.343 e. The van der Waals surface area contributed by atoms with E-state index < -0.39 is 5.97 Å². The summed E-state index contributed by atoms with van der Waals surface area (Å²) in [5, 5.41) is 8.44. The Kier molecular flexibility index (Phi) is 5.70. The van der Waals surface area contributed by atoms with Crippen LogP contribution in [0.15, 0.2) is 40.0 Å². The van der Waals surface area contributed by atoms with E-state index >= 15 is 0 Å². The summed E-state index contributed by atoms with van der Waals surface area (Å²) in [4.78, 5) is 20.1. The number of aromatic nitrogens is 4. The average Bonchev–Trinajstić information content (AvgIpc) is 3.12. The van der Waals surface area contributed by atoms with Crippen molar-refractivity contribution in [3.05, 3.63) is 47.5 Å².